The van der Waals surface area contributed by atoms with Crippen LogP contribution in [0.5, 0.6) is 0 Å². The van der Waals surface area contributed by atoms with E-state index in [4.69, 9.17) is 0 Å². The summed E-state index contributed by atoms with van der Waals surface area (Å²) in [5, 5.41) is 8.83. The Morgan fingerprint density at radius 1 is 1.00 bits per heavy atom. The van der Waals surface area contributed by atoms with Crippen LogP contribution >= 0.6 is 0 Å². The summed E-state index contributed by atoms with van der Waals surface area (Å²) in [6.45, 7) is 1.24. The number of likely N-dealkylation sites (tertiary alicyclic amines) is 1. The Kier molecular flexibility index (Phi) is 3.82. The van der Waals surface area contributed by atoms with Crippen molar-refractivity contribution < 1.29 is 9.59 Å². The van der Waals surface area contributed by atoms with Gasteiger partial charge in [-0.2, -0.15) is 0 Å². The summed E-state index contributed by atoms with van der Waals surface area (Å²) in [4.78, 5) is 38.8. The van der Waals surface area contributed by atoms with Crippen LogP contribution in [0.1, 0.15) is 34.7 Å². The molecule has 0 spiro atoms. The van der Waals surface area contributed by atoms with Gasteiger partial charge in [-0.1, -0.05) is 18.2 Å². The van der Waals surface area contributed by atoms with E-state index in [0.29, 0.717) is 29.6 Å². The fraction of sp³-hybridized carbons (Fsp3) is 0.286. The summed E-state index contributed by atoms with van der Waals surface area (Å²) in [6, 6.07) is 12.9. The number of piperidine rings is 1. The lowest BCUT2D eigenvalue weighted by Gasteiger charge is -2.34. The quantitative estimate of drug-likeness (QED) is 0.641. The van der Waals surface area contributed by atoms with Crippen molar-refractivity contribution in [2.75, 3.05) is 18.4 Å². The standard InChI is InChI=1S/C21H20N4O3/c26-19-15-6-5-13(11-17(15)23-24-19)21(28)25-9-7-12(8-10-25)18-14-3-1-2-4-16(14)22-20(18)27/h1-6,11-12,18H,7-10H2,(H,22,27)(H2,23,24,26). The number of carbonyl (C=O) groups excluding carboxylic acids is 2. The van der Waals surface area contributed by atoms with E-state index in [-0.39, 0.29) is 29.2 Å². The van der Waals surface area contributed by atoms with Crippen LogP contribution in [0.3, 0.4) is 0 Å². The molecule has 7 nitrogen and oxygen atoms in total. The van der Waals surface area contributed by atoms with Gasteiger partial charge >= 0.3 is 0 Å². The van der Waals surface area contributed by atoms with Gasteiger partial charge in [0, 0.05) is 24.3 Å². The third-order valence-electron chi connectivity index (χ3n) is 5.96. The number of aromatic nitrogens is 2. The van der Waals surface area contributed by atoms with Crippen molar-refractivity contribution >= 4 is 28.4 Å². The van der Waals surface area contributed by atoms with Gasteiger partial charge in [0.05, 0.1) is 16.8 Å². The molecular weight excluding hydrogens is 356 g/mol. The first-order valence-electron chi connectivity index (χ1n) is 9.51. The van der Waals surface area contributed by atoms with Crippen molar-refractivity contribution in [3.63, 3.8) is 0 Å². The van der Waals surface area contributed by atoms with Crippen molar-refractivity contribution in [2.45, 2.75) is 18.8 Å². The first kappa shape index (κ1) is 16.8. The van der Waals surface area contributed by atoms with Crippen molar-refractivity contribution in [3.8, 4) is 0 Å². The van der Waals surface area contributed by atoms with Gasteiger partial charge in [-0.05, 0) is 48.6 Å². The van der Waals surface area contributed by atoms with Gasteiger partial charge in [-0.15, -0.1) is 0 Å². The average molecular weight is 376 g/mol. The SMILES string of the molecule is O=C1Nc2ccccc2C1C1CCN(C(=O)c2ccc3c(=O)[nH][nH]c3c2)CC1. The second kappa shape index (κ2) is 6.37. The molecule has 2 aromatic carbocycles. The normalized spacial score (nSPS) is 19.6. The fourth-order valence-electron chi connectivity index (χ4n) is 4.49. The van der Waals surface area contributed by atoms with Crippen molar-refractivity contribution in [2.24, 2.45) is 5.92 Å². The molecule has 0 aliphatic carbocycles. The lowest BCUT2D eigenvalue weighted by atomic mass is 9.80. The van der Waals surface area contributed by atoms with Gasteiger partial charge in [0.25, 0.3) is 11.5 Å². The third kappa shape index (κ3) is 2.62. The highest BCUT2D eigenvalue weighted by atomic mass is 16.2. The summed E-state index contributed by atoms with van der Waals surface area (Å²) < 4.78 is 0. The Labute approximate surface area is 160 Å². The zero-order chi connectivity index (χ0) is 19.3. The molecule has 3 heterocycles. The number of hydrogen-bond donors (Lipinski definition) is 3. The van der Waals surface area contributed by atoms with Crippen molar-refractivity contribution in [3.05, 3.63) is 63.9 Å². The highest BCUT2D eigenvalue weighted by Crippen LogP contribution is 2.41. The molecule has 1 aromatic heterocycles. The number of nitrogens with one attached hydrogen (secondary N) is 3. The van der Waals surface area contributed by atoms with Crippen LogP contribution in [0.15, 0.2) is 47.3 Å². The number of rotatable bonds is 2. The second-order valence-corrected chi connectivity index (χ2v) is 7.52. The van der Waals surface area contributed by atoms with Crippen LogP contribution in [0.25, 0.3) is 10.9 Å². The molecule has 1 atom stereocenters. The minimum absolute atomic E-state index is 0.0429. The number of benzene rings is 2. The number of H-pyrrole nitrogens is 2. The molecule has 2 aliphatic heterocycles. The molecule has 28 heavy (non-hydrogen) atoms. The molecule has 0 bridgehead atoms. The van der Waals surface area contributed by atoms with Crippen LogP contribution in [0, 0.1) is 5.92 Å². The lowest BCUT2D eigenvalue weighted by Crippen LogP contribution is -2.40. The molecule has 0 saturated carbocycles. The van der Waals surface area contributed by atoms with Crippen LogP contribution in [-0.4, -0.2) is 40.0 Å². The number of hydrogen-bond acceptors (Lipinski definition) is 3. The minimum Gasteiger partial charge on any atom is -0.339 e. The van der Waals surface area contributed by atoms with Crippen molar-refractivity contribution in [1.29, 1.82) is 0 Å². The maximum atomic E-state index is 12.9. The highest BCUT2D eigenvalue weighted by Gasteiger charge is 2.38. The van der Waals surface area contributed by atoms with Crippen LogP contribution in [0.2, 0.25) is 0 Å². The van der Waals surface area contributed by atoms with Gasteiger partial charge in [0.15, 0.2) is 0 Å². The predicted molar refractivity (Wildman–Crippen MR) is 105 cm³/mol. The van der Waals surface area contributed by atoms with Gasteiger partial charge in [0.2, 0.25) is 5.91 Å². The first-order valence-corrected chi connectivity index (χ1v) is 9.51. The molecule has 142 valence electrons. The van der Waals surface area contributed by atoms with Crippen LogP contribution < -0.4 is 10.9 Å². The van der Waals surface area contributed by atoms with Gasteiger partial charge in [0.1, 0.15) is 0 Å². The topological polar surface area (TPSA) is 98.1 Å². The maximum Gasteiger partial charge on any atom is 0.271 e. The number of fused-ring (bicyclic) bond motifs is 2. The van der Waals surface area contributed by atoms with E-state index in [0.717, 1.165) is 24.1 Å². The largest absolute Gasteiger partial charge is 0.339 e. The molecule has 0 radical (unpaired) electrons. The van der Waals surface area contributed by atoms with E-state index in [1.807, 2.05) is 29.2 Å². The van der Waals surface area contributed by atoms with Crippen LogP contribution in [-0.2, 0) is 4.79 Å². The number of anilines is 1. The summed E-state index contributed by atoms with van der Waals surface area (Å²) >= 11 is 0. The van der Waals surface area contributed by atoms with Gasteiger partial charge in [-0.25, -0.2) is 0 Å². The Bertz CT molecular complexity index is 1140. The fourth-order valence-corrected chi connectivity index (χ4v) is 4.49. The van der Waals surface area contributed by atoms with Crippen molar-refractivity contribution in [1.82, 2.24) is 15.1 Å². The third-order valence-corrected chi connectivity index (χ3v) is 5.96. The molecule has 7 heteroatoms. The Hall–Kier alpha value is -3.35. The Morgan fingerprint density at radius 2 is 1.79 bits per heavy atom. The van der Waals surface area contributed by atoms with E-state index < -0.39 is 0 Å². The number of nitrogens with zero attached hydrogens (tertiary/aromatic N) is 1. The van der Waals surface area contributed by atoms with Gasteiger partial charge < -0.3 is 10.2 Å². The number of carbonyl (C=O) groups is 2. The second-order valence-electron chi connectivity index (χ2n) is 7.52. The highest BCUT2D eigenvalue weighted by molar-refractivity contribution is 6.03. The maximum absolute atomic E-state index is 12.9. The molecule has 2 aliphatic rings. The van der Waals surface area contributed by atoms with E-state index >= 15 is 0 Å². The zero-order valence-corrected chi connectivity index (χ0v) is 15.2. The van der Waals surface area contributed by atoms with E-state index in [1.54, 1.807) is 18.2 Å². The smallest absolute Gasteiger partial charge is 0.271 e. The molecule has 5 rings (SSSR count). The molecule has 1 fully saturated rings. The van der Waals surface area contributed by atoms with E-state index in [2.05, 4.69) is 15.5 Å². The average Bonchev–Trinajstić information content (AvgIpc) is 3.26. The number of para-hydroxylation sites is 1. The summed E-state index contributed by atoms with van der Waals surface area (Å²) in [5.41, 5.74) is 2.98. The Morgan fingerprint density at radius 3 is 2.61 bits per heavy atom. The molecule has 1 saturated heterocycles. The molecule has 3 aromatic rings. The van der Waals surface area contributed by atoms with E-state index in [9.17, 15) is 14.4 Å². The minimum atomic E-state index is -0.190. The molecule has 1 unspecified atom stereocenters. The monoisotopic (exact) mass is 376 g/mol. The lowest BCUT2D eigenvalue weighted by molar-refractivity contribution is -0.118. The first-order chi connectivity index (χ1) is 13.6. The summed E-state index contributed by atoms with van der Waals surface area (Å²) in [6.07, 6.45) is 1.59. The predicted octanol–water partition coefficient (Wildman–Crippen LogP) is 2.44. The number of aromatic amines is 2. The van der Waals surface area contributed by atoms with Crippen LogP contribution in [0.4, 0.5) is 5.69 Å². The summed E-state index contributed by atoms with van der Waals surface area (Å²) in [5.74, 6) is 0.123. The summed E-state index contributed by atoms with van der Waals surface area (Å²) in [7, 11) is 0. The zero-order valence-electron chi connectivity index (χ0n) is 15.2. The Balaban J connectivity index is 1.31. The van der Waals surface area contributed by atoms with Gasteiger partial charge in [-0.3, -0.25) is 24.6 Å². The number of amides is 2. The molecule has 2 amide bonds. The molecule has 3 N–H and O–H groups in total. The van der Waals surface area contributed by atoms with E-state index in [1.165, 1.54) is 0 Å². The molecular formula is C21H20N4O3.